The molecule has 0 bridgehead atoms. The molecule has 22 heavy (non-hydrogen) atoms. The van der Waals surface area contributed by atoms with Crippen molar-refractivity contribution < 1.29 is 27.8 Å². The van der Waals surface area contributed by atoms with Crippen LogP contribution in [0.5, 0.6) is 10.9 Å². The number of aromatic nitrogens is 1. The first kappa shape index (κ1) is 16.3. The maximum Gasteiger partial charge on any atom is 0.416 e. The fourth-order valence-corrected chi connectivity index (χ4v) is 2.76. The lowest BCUT2D eigenvalue weighted by atomic mass is 10.1. The van der Waals surface area contributed by atoms with E-state index < -0.39 is 23.6 Å². The topological polar surface area (TPSA) is 59.4 Å². The summed E-state index contributed by atoms with van der Waals surface area (Å²) in [6, 6.07) is 4.43. The van der Waals surface area contributed by atoms with E-state index in [1.807, 2.05) is 0 Å². The van der Waals surface area contributed by atoms with Gasteiger partial charge >= 0.3 is 12.1 Å². The van der Waals surface area contributed by atoms with E-state index >= 15 is 0 Å². The van der Waals surface area contributed by atoms with Crippen molar-refractivity contribution in [1.29, 1.82) is 0 Å². The highest BCUT2D eigenvalue weighted by atomic mass is 32.1. The quantitative estimate of drug-likeness (QED) is 0.899. The predicted octanol–water partition coefficient (Wildman–Crippen LogP) is 4.45. The minimum Gasteiger partial charge on any atom is -0.481 e. The Balaban J connectivity index is 2.25. The van der Waals surface area contributed by atoms with E-state index in [-0.39, 0.29) is 10.9 Å². The molecule has 0 aliphatic carbocycles. The number of hydrogen-bond acceptors (Lipinski definition) is 4. The summed E-state index contributed by atoms with van der Waals surface area (Å²) in [7, 11) is 0. The third-order valence-corrected chi connectivity index (χ3v) is 4.16. The van der Waals surface area contributed by atoms with Crippen LogP contribution in [-0.2, 0) is 11.0 Å². The summed E-state index contributed by atoms with van der Waals surface area (Å²) in [4.78, 5) is 15.5. The molecule has 0 saturated carbocycles. The Kier molecular flexibility index (Phi) is 4.41. The second-order valence-electron chi connectivity index (χ2n) is 4.62. The largest absolute Gasteiger partial charge is 0.481 e. The van der Waals surface area contributed by atoms with Gasteiger partial charge in [-0.1, -0.05) is 17.4 Å². The third kappa shape index (κ3) is 3.56. The van der Waals surface area contributed by atoms with Crippen LogP contribution in [-0.4, -0.2) is 16.1 Å². The molecule has 2 aromatic rings. The van der Waals surface area contributed by atoms with Crippen molar-refractivity contribution >= 4 is 17.3 Å². The van der Waals surface area contributed by atoms with Gasteiger partial charge < -0.3 is 9.84 Å². The summed E-state index contributed by atoms with van der Waals surface area (Å²) >= 11 is 1.01. The van der Waals surface area contributed by atoms with Crippen LogP contribution in [0.3, 0.4) is 0 Å². The summed E-state index contributed by atoms with van der Waals surface area (Å²) in [5, 5.41) is 9.11. The number of carboxylic acid groups (broad SMARTS) is 1. The van der Waals surface area contributed by atoms with Gasteiger partial charge in [0.25, 0.3) is 5.19 Å². The molecule has 0 aliphatic rings. The minimum atomic E-state index is -4.46. The van der Waals surface area contributed by atoms with Gasteiger partial charge in [-0.15, -0.1) is 0 Å². The van der Waals surface area contributed by atoms with E-state index in [1.165, 1.54) is 19.1 Å². The molecule has 1 aromatic carbocycles. The van der Waals surface area contributed by atoms with Gasteiger partial charge in [0.05, 0.1) is 17.2 Å². The average Bonchev–Trinajstić information content (AvgIpc) is 2.77. The van der Waals surface area contributed by atoms with Gasteiger partial charge in [-0.25, -0.2) is 4.98 Å². The standard InChI is InChI=1S/C14H12F3NO3S/c1-7(12(19)20)11-8(2)18-13(22-11)21-10-5-3-4-9(6-10)14(15,16)17/h3-7H,1-2H3,(H,19,20). The molecule has 1 aromatic heterocycles. The second kappa shape index (κ2) is 5.96. The van der Waals surface area contributed by atoms with Gasteiger partial charge in [0.15, 0.2) is 0 Å². The molecular weight excluding hydrogens is 319 g/mol. The zero-order valence-corrected chi connectivity index (χ0v) is 12.5. The Morgan fingerprint density at radius 2 is 2.09 bits per heavy atom. The van der Waals surface area contributed by atoms with Crippen molar-refractivity contribution in [3.8, 4) is 10.9 Å². The highest BCUT2D eigenvalue weighted by Crippen LogP contribution is 2.36. The number of ether oxygens (including phenoxy) is 1. The molecule has 4 nitrogen and oxygen atoms in total. The predicted molar refractivity (Wildman–Crippen MR) is 74.4 cm³/mol. The van der Waals surface area contributed by atoms with Crippen LogP contribution in [0, 0.1) is 6.92 Å². The van der Waals surface area contributed by atoms with Gasteiger partial charge in [0, 0.05) is 4.88 Å². The number of carboxylic acids is 1. The Morgan fingerprint density at radius 1 is 1.41 bits per heavy atom. The fourth-order valence-electron chi connectivity index (χ4n) is 1.78. The summed E-state index contributed by atoms with van der Waals surface area (Å²) in [5.41, 5.74) is -0.334. The van der Waals surface area contributed by atoms with Crippen LogP contribution in [0.4, 0.5) is 13.2 Å². The molecule has 1 unspecified atom stereocenters. The summed E-state index contributed by atoms with van der Waals surface area (Å²) in [5.74, 6) is -1.76. The van der Waals surface area contributed by atoms with Gasteiger partial charge in [-0.3, -0.25) is 4.79 Å². The first-order valence-electron chi connectivity index (χ1n) is 6.23. The number of alkyl halides is 3. The zero-order valence-electron chi connectivity index (χ0n) is 11.6. The SMILES string of the molecule is Cc1nc(Oc2cccc(C(F)(F)F)c2)sc1C(C)C(=O)O. The van der Waals surface area contributed by atoms with E-state index in [0.29, 0.717) is 10.6 Å². The number of benzene rings is 1. The first-order chi connectivity index (χ1) is 10.2. The Labute approximate surface area is 128 Å². The number of nitrogens with zero attached hydrogens (tertiary/aromatic N) is 1. The number of carbonyl (C=O) groups is 1. The monoisotopic (exact) mass is 331 g/mol. The van der Waals surface area contributed by atoms with Crippen molar-refractivity contribution in [2.45, 2.75) is 25.9 Å². The smallest absolute Gasteiger partial charge is 0.416 e. The van der Waals surface area contributed by atoms with Crippen molar-refractivity contribution in [2.24, 2.45) is 0 Å². The normalized spacial score (nSPS) is 13.0. The molecule has 0 spiro atoms. The highest BCUT2D eigenvalue weighted by molar-refractivity contribution is 7.13. The highest BCUT2D eigenvalue weighted by Gasteiger charge is 2.30. The Bertz CT molecular complexity index is 697. The molecule has 2 rings (SSSR count). The van der Waals surface area contributed by atoms with Gasteiger partial charge in [-0.05, 0) is 32.0 Å². The second-order valence-corrected chi connectivity index (χ2v) is 5.61. The number of thiazole rings is 1. The van der Waals surface area contributed by atoms with Crippen LogP contribution < -0.4 is 4.74 Å². The van der Waals surface area contributed by atoms with E-state index in [9.17, 15) is 18.0 Å². The fraction of sp³-hybridized carbons (Fsp3) is 0.286. The van der Waals surface area contributed by atoms with E-state index in [0.717, 1.165) is 23.5 Å². The van der Waals surface area contributed by atoms with E-state index in [4.69, 9.17) is 9.84 Å². The van der Waals surface area contributed by atoms with Crippen LogP contribution in [0.2, 0.25) is 0 Å². The maximum absolute atomic E-state index is 12.6. The molecule has 0 radical (unpaired) electrons. The van der Waals surface area contributed by atoms with Crippen LogP contribution >= 0.6 is 11.3 Å². The molecule has 118 valence electrons. The summed E-state index contributed by atoms with van der Waals surface area (Å²) < 4.78 is 43.2. The van der Waals surface area contributed by atoms with Crippen LogP contribution in [0.15, 0.2) is 24.3 Å². The van der Waals surface area contributed by atoms with Crippen LogP contribution in [0.1, 0.15) is 29.0 Å². The van der Waals surface area contributed by atoms with Crippen LogP contribution in [0.25, 0.3) is 0 Å². The number of halogens is 3. The lowest BCUT2D eigenvalue weighted by Crippen LogP contribution is -2.06. The third-order valence-electron chi connectivity index (χ3n) is 2.94. The van der Waals surface area contributed by atoms with Crippen molar-refractivity contribution in [2.75, 3.05) is 0 Å². The van der Waals surface area contributed by atoms with Gasteiger partial charge in [0.1, 0.15) is 5.75 Å². The molecule has 8 heteroatoms. The number of aryl methyl sites for hydroxylation is 1. The maximum atomic E-state index is 12.6. The minimum absolute atomic E-state index is 0.00176. The van der Waals surface area contributed by atoms with Crippen molar-refractivity contribution in [3.05, 3.63) is 40.4 Å². The molecule has 0 amide bonds. The number of rotatable bonds is 4. The van der Waals surface area contributed by atoms with Crippen molar-refractivity contribution in [3.63, 3.8) is 0 Å². The molecule has 0 saturated heterocycles. The Hall–Kier alpha value is -2.09. The van der Waals surface area contributed by atoms with E-state index in [2.05, 4.69) is 4.98 Å². The molecule has 1 atom stereocenters. The molecule has 0 aliphatic heterocycles. The molecule has 1 heterocycles. The Morgan fingerprint density at radius 3 is 2.68 bits per heavy atom. The zero-order chi connectivity index (χ0) is 16.5. The number of aliphatic carboxylic acids is 1. The summed E-state index contributed by atoms with van der Waals surface area (Å²) in [6.07, 6.45) is -4.46. The molecule has 1 N–H and O–H groups in total. The van der Waals surface area contributed by atoms with Gasteiger partial charge in [-0.2, -0.15) is 13.2 Å². The van der Waals surface area contributed by atoms with Crippen molar-refractivity contribution in [1.82, 2.24) is 4.98 Å². The lowest BCUT2D eigenvalue weighted by molar-refractivity contribution is -0.138. The van der Waals surface area contributed by atoms with Gasteiger partial charge in [0.2, 0.25) is 0 Å². The lowest BCUT2D eigenvalue weighted by Gasteiger charge is -2.08. The average molecular weight is 331 g/mol. The first-order valence-corrected chi connectivity index (χ1v) is 7.05. The summed E-state index contributed by atoms with van der Waals surface area (Å²) in [6.45, 7) is 3.14. The molecule has 0 fully saturated rings. The molecular formula is C14H12F3NO3S. The van der Waals surface area contributed by atoms with E-state index in [1.54, 1.807) is 6.92 Å². The number of hydrogen-bond donors (Lipinski definition) is 1.